The first-order valence-electron chi connectivity index (χ1n) is 16.0. The molecule has 3 unspecified atom stereocenters. The molecule has 0 amide bonds. The van der Waals surface area contributed by atoms with Gasteiger partial charge >= 0.3 is 0 Å². The summed E-state index contributed by atoms with van der Waals surface area (Å²) in [6.45, 7) is 12.6. The third kappa shape index (κ3) is 7.89. The summed E-state index contributed by atoms with van der Waals surface area (Å²) >= 11 is 1.86. The number of allylic oxidation sites excluding steroid dienone is 2. The molecule has 3 fully saturated rings. The molecule has 4 aliphatic rings. The molecule has 2 aliphatic carbocycles. The molecule has 3 atom stereocenters. The highest BCUT2D eigenvalue weighted by Gasteiger charge is 2.36. The van der Waals surface area contributed by atoms with Crippen molar-refractivity contribution >= 4 is 34.1 Å². The van der Waals surface area contributed by atoms with E-state index in [9.17, 15) is 20.2 Å². The van der Waals surface area contributed by atoms with Crippen LogP contribution in [0.4, 0.5) is 22.7 Å². The monoisotopic (exact) mass is 630 g/mol. The SMILES string of the molecule is Cc1ccc(CN2CCN(c3ccc([N+](=O)[O-])cc3)CC2)s1.O=[N+]([O-])c1ccc(N2CCN(CC3CC4C=CC3C4)CC2)cc1. The Hall–Kier alpha value is -3.80. The standard InChI is InChI=1S/C18H23N3O2.C16H19N3O2S/c22-21(23)18-5-3-17(4-6-18)20-9-7-19(8-10-20)13-16-12-14-1-2-15(16)11-14;1-13-2-7-16(22-13)12-17-8-10-18(11-9-17)14-3-5-15(6-4-14)19(20)21/h1-6,14-16H,7-13H2;2-7H,8-12H2,1H3. The van der Waals surface area contributed by atoms with E-state index < -0.39 is 0 Å². The quantitative estimate of drug-likeness (QED) is 0.165. The Labute approximate surface area is 268 Å². The van der Waals surface area contributed by atoms with Crippen LogP contribution in [0.5, 0.6) is 0 Å². The zero-order valence-electron chi connectivity index (χ0n) is 25.9. The number of hydrogen-bond donors (Lipinski definition) is 0. The minimum Gasteiger partial charge on any atom is -0.369 e. The lowest BCUT2D eigenvalue weighted by molar-refractivity contribution is -0.385. The third-order valence-electron chi connectivity index (χ3n) is 9.68. The van der Waals surface area contributed by atoms with Gasteiger partial charge in [-0.2, -0.15) is 0 Å². The molecule has 3 heterocycles. The van der Waals surface area contributed by atoms with Crippen LogP contribution in [0.1, 0.15) is 22.6 Å². The number of anilines is 2. The molecular weight excluding hydrogens is 588 g/mol. The predicted octanol–water partition coefficient (Wildman–Crippen LogP) is 6.22. The highest BCUT2D eigenvalue weighted by atomic mass is 32.1. The van der Waals surface area contributed by atoms with Crippen molar-refractivity contribution < 1.29 is 9.85 Å². The Kier molecular flexibility index (Phi) is 9.77. The van der Waals surface area contributed by atoms with E-state index in [4.69, 9.17) is 0 Å². The van der Waals surface area contributed by atoms with Gasteiger partial charge in [0.25, 0.3) is 11.4 Å². The molecule has 11 heteroatoms. The fourth-order valence-electron chi connectivity index (χ4n) is 7.15. The van der Waals surface area contributed by atoms with Crippen LogP contribution >= 0.6 is 11.3 Å². The first-order chi connectivity index (χ1) is 21.8. The summed E-state index contributed by atoms with van der Waals surface area (Å²) in [5, 5.41) is 21.4. The topological polar surface area (TPSA) is 99.2 Å². The molecule has 1 aromatic heterocycles. The number of nitrogens with zero attached hydrogens (tertiary/aromatic N) is 6. The van der Waals surface area contributed by atoms with Crippen molar-refractivity contribution in [2.45, 2.75) is 26.3 Å². The van der Waals surface area contributed by atoms with Crippen LogP contribution in [-0.2, 0) is 6.54 Å². The van der Waals surface area contributed by atoms with E-state index in [1.807, 2.05) is 35.6 Å². The molecule has 7 rings (SSSR count). The van der Waals surface area contributed by atoms with Crippen LogP contribution in [0.3, 0.4) is 0 Å². The van der Waals surface area contributed by atoms with E-state index in [1.165, 1.54) is 29.1 Å². The summed E-state index contributed by atoms with van der Waals surface area (Å²) in [6, 6.07) is 18.2. The Bertz CT molecular complexity index is 1480. The normalized spacial score (nSPS) is 23.2. The van der Waals surface area contributed by atoms with Gasteiger partial charge in [0, 0.05) is 111 Å². The average molecular weight is 631 g/mol. The number of non-ortho nitro benzene ring substituents is 2. The smallest absolute Gasteiger partial charge is 0.269 e. The van der Waals surface area contributed by atoms with E-state index in [2.05, 4.69) is 50.8 Å². The summed E-state index contributed by atoms with van der Waals surface area (Å²) in [6.07, 6.45) is 7.61. The van der Waals surface area contributed by atoms with Gasteiger partial charge in [-0.1, -0.05) is 12.2 Å². The van der Waals surface area contributed by atoms with Crippen molar-refractivity contribution in [3.63, 3.8) is 0 Å². The first kappa shape index (κ1) is 31.2. The minimum atomic E-state index is -0.356. The maximum Gasteiger partial charge on any atom is 0.269 e. The molecule has 2 bridgehead atoms. The number of nitro benzene ring substituents is 2. The van der Waals surface area contributed by atoms with E-state index in [-0.39, 0.29) is 21.2 Å². The fraction of sp³-hybridized carbons (Fsp3) is 0.471. The molecule has 10 nitrogen and oxygen atoms in total. The number of thiophene rings is 1. The molecule has 0 radical (unpaired) electrons. The molecule has 1 saturated carbocycles. The van der Waals surface area contributed by atoms with Crippen LogP contribution in [0.25, 0.3) is 0 Å². The number of aryl methyl sites for hydroxylation is 1. The van der Waals surface area contributed by atoms with Gasteiger partial charge in [0.15, 0.2) is 0 Å². The van der Waals surface area contributed by atoms with Crippen LogP contribution < -0.4 is 9.80 Å². The van der Waals surface area contributed by atoms with E-state index >= 15 is 0 Å². The predicted molar refractivity (Wildman–Crippen MR) is 180 cm³/mol. The summed E-state index contributed by atoms with van der Waals surface area (Å²) < 4.78 is 0. The fourth-order valence-corrected chi connectivity index (χ4v) is 8.08. The molecule has 2 aliphatic heterocycles. The molecule has 3 aromatic rings. The number of nitro groups is 2. The van der Waals surface area contributed by atoms with Crippen molar-refractivity contribution in [3.8, 4) is 0 Å². The highest BCUT2D eigenvalue weighted by molar-refractivity contribution is 7.11. The Morgan fingerprint density at radius 2 is 1.22 bits per heavy atom. The second-order valence-corrected chi connectivity index (χ2v) is 14.0. The number of hydrogen-bond acceptors (Lipinski definition) is 9. The lowest BCUT2D eigenvalue weighted by atomic mass is 9.93. The zero-order valence-corrected chi connectivity index (χ0v) is 26.7. The lowest BCUT2D eigenvalue weighted by Gasteiger charge is -2.38. The molecule has 0 spiro atoms. The molecule has 2 aromatic carbocycles. The Balaban J connectivity index is 0.000000159. The second-order valence-electron chi connectivity index (χ2n) is 12.7. The van der Waals surface area contributed by atoms with Crippen molar-refractivity contribution in [3.05, 3.63) is 103 Å². The Morgan fingerprint density at radius 3 is 1.64 bits per heavy atom. The summed E-state index contributed by atoms with van der Waals surface area (Å²) in [5.74, 6) is 2.54. The van der Waals surface area contributed by atoms with Crippen molar-refractivity contribution in [2.75, 3.05) is 68.7 Å². The summed E-state index contributed by atoms with van der Waals surface area (Å²) in [5.41, 5.74) is 2.47. The van der Waals surface area contributed by atoms with Gasteiger partial charge in [-0.3, -0.25) is 30.0 Å². The van der Waals surface area contributed by atoms with E-state index in [1.54, 1.807) is 24.3 Å². The van der Waals surface area contributed by atoms with Crippen LogP contribution in [0.2, 0.25) is 0 Å². The summed E-state index contributed by atoms with van der Waals surface area (Å²) in [4.78, 5) is 33.2. The second kappa shape index (κ2) is 14.1. The van der Waals surface area contributed by atoms with Gasteiger partial charge in [-0.25, -0.2) is 0 Å². The highest BCUT2D eigenvalue weighted by Crippen LogP contribution is 2.43. The first-order valence-corrected chi connectivity index (χ1v) is 16.8. The zero-order chi connectivity index (χ0) is 31.3. The van der Waals surface area contributed by atoms with Crippen molar-refractivity contribution in [1.29, 1.82) is 0 Å². The number of benzene rings is 2. The molecule has 2 saturated heterocycles. The maximum atomic E-state index is 10.7. The number of rotatable bonds is 8. The Morgan fingerprint density at radius 1 is 0.689 bits per heavy atom. The molecule has 0 N–H and O–H groups in total. The van der Waals surface area contributed by atoms with Crippen molar-refractivity contribution in [2.24, 2.45) is 17.8 Å². The molecule has 45 heavy (non-hydrogen) atoms. The van der Waals surface area contributed by atoms with E-state index in [0.29, 0.717) is 0 Å². The van der Waals surface area contributed by atoms with Crippen LogP contribution in [0.15, 0.2) is 72.8 Å². The van der Waals surface area contributed by atoms with Gasteiger partial charge in [-0.05, 0) is 73.9 Å². The van der Waals surface area contributed by atoms with Gasteiger partial charge in [0.1, 0.15) is 0 Å². The van der Waals surface area contributed by atoms with Crippen molar-refractivity contribution in [1.82, 2.24) is 9.80 Å². The maximum absolute atomic E-state index is 10.7. The van der Waals surface area contributed by atoms with Crippen LogP contribution in [0, 0.1) is 44.9 Å². The number of piperazine rings is 2. The molecular formula is C34H42N6O4S. The van der Waals surface area contributed by atoms with Gasteiger partial charge < -0.3 is 9.80 Å². The summed E-state index contributed by atoms with van der Waals surface area (Å²) in [7, 11) is 0. The van der Waals surface area contributed by atoms with Gasteiger partial charge in [0.2, 0.25) is 0 Å². The molecule has 238 valence electrons. The van der Waals surface area contributed by atoms with Gasteiger partial charge in [0.05, 0.1) is 9.85 Å². The minimum absolute atomic E-state index is 0.149. The number of fused-ring (bicyclic) bond motifs is 2. The third-order valence-corrected chi connectivity index (χ3v) is 10.7. The average Bonchev–Trinajstić information content (AvgIpc) is 3.80. The largest absolute Gasteiger partial charge is 0.369 e. The lowest BCUT2D eigenvalue weighted by Crippen LogP contribution is -2.48. The van der Waals surface area contributed by atoms with Crippen LogP contribution in [-0.4, -0.2) is 78.5 Å². The van der Waals surface area contributed by atoms with Gasteiger partial charge in [-0.15, -0.1) is 11.3 Å². The van der Waals surface area contributed by atoms with E-state index in [0.717, 1.165) is 88.0 Å².